The molecule has 0 spiro atoms. The molecule has 2 heterocycles. The molecule has 3 rings (SSSR count). The molecule has 6 nitrogen and oxygen atoms in total. The molecule has 0 saturated carbocycles. The van der Waals surface area contributed by atoms with E-state index in [-0.39, 0.29) is 11.9 Å². The molecule has 128 valence electrons. The van der Waals surface area contributed by atoms with Crippen molar-refractivity contribution in [3.05, 3.63) is 40.7 Å². The van der Waals surface area contributed by atoms with E-state index >= 15 is 0 Å². The molecule has 1 fully saturated rings. The van der Waals surface area contributed by atoms with E-state index in [2.05, 4.69) is 22.6 Å². The summed E-state index contributed by atoms with van der Waals surface area (Å²) in [6.07, 6.45) is 2.61. The number of hydrogen-bond acceptors (Lipinski definition) is 4. The molecule has 1 aromatic heterocycles. The second-order valence-corrected chi connectivity index (χ2v) is 6.53. The molecule has 1 aromatic carbocycles. The van der Waals surface area contributed by atoms with Gasteiger partial charge in [0.2, 0.25) is 0 Å². The zero-order valence-electron chi connectivity index (χ0n) is 14.0. The highest BCUT2D eigenvalue weighted by Crippen LogP contribution is 2.20. The average Bonchev–Trinajstić information content (AvgIpc) is 3.24. The van der Waals surface area contributed by atoms with Crippen LogP contribution in [0.3, 0.4) is 0 Å². The van der Waals surface area contributed by atoms with Crippen molar-refractivity contribution in [3.8, 4) is 5.69 Å². The van der Waals surface area contributed by atoms with Crippen molar-refractivity contribution < 1.29 is 4.79 Å². The molecule has 0 aliphatic carbocycles. The second kappa shape index (κ2) is 7.32. The molecule has 1 aliphatic heterocycles. The van der Waals surface area contributed by atoms with E-state index in [1.54, 1.807) is 9.58 Å². The van der Waals surface area contributed by atoms with Crippen LogP contribution in [-0.2, 0) is 6.42 Å². The highest BCUT2D eigenvalue weighted by Gasteiger charge is 2.28. The van der Waals surface area contributed by atoms with Gasteiger partial charge in [-0.25, -0.2) is 4.68 Å². The molecule has 1 N–H and O–H groups in total. The maximum atomic E-state index is 12.9. The summed E-state index contributed by atoms with van der Waals surface area (Å²) in [4.78, 5) is 14.7. The number of benzene rings is 1. The number of rotatable bonds is 5. The molecule has 0 bridgehead atoms. The first-order valence-corrected chi connectivity index (χ1v) is 8.68. The van der Waals surface area contributed by atoms with E-state index < -0.39 is 0 Å². The lowest BCUT2D eigenvalue weighted by Gasteiger charge is -2.23. The van der Waals surface area contributed by atoms with Crippen molar-refractivity contribution in [3.63, 3.8) is 0 Å². The smallest absolute Gasteiger partial charge is 0.276 e. The predicted octanol–water partition coefficient (Wildman–Crippen LogP) is 2.31. The highest BCUT2D eigenvalue weighted by atomic mass is 35.5. The number of aromatic nitrogens is 3. The Hall–Kier alpha value is -1.92. The summed E-state index contributed by atoms with van der Waals surface area (Å²) in [5.41, 5.74) is 2.09. The second-order valence-electron chi connectivity index (χ2n) is 6.09. The molecule has 0 radical (unpaired) electrons. The monoisotopic (exact) mass is 347 g/mol. The summed E-state index contributed by atoms with van der Waals surface area (Å²) < 4.78 is 1.73. The van der Waals surface area contributed by atoms with Gasteiger partial charge in [-0.2, -0.15) is 0 Å². The van der Waals surface area contributed by atoms with Crippen molar-refractivity contribution in [2.45, 2.75) is 32.2 Å². The summed E-state index contributed by atoms with van der Waals surface area (Å²) in [6, 6.07) is 7.64. The molecule has 1 saturated heterocycles. The molecular formula is C17H22ClN5O. The summed E-state index contributed by atoms with van der Waals surface area (Å²) in [6.45, 7) is 3.85. The minimum Gasteiger partial charge on any atom is -0.336 e. The van der Waals surface area contributed by atoms with Crippen LogP contribution in [0.25, 0.3) is 5.69 Å². The fraction of sp³-hybridized carbons (Fsp3) is 0.471. The Labute approximate surface area is 146 Å². The zero-order chi connectivity index (χ0) is 17.1. The average molecular weight is 348 g/mol. The predicted molar refractivity (Wildman–Crippen MR) is 93.7 cm³/mol. The van der Waals surface area contributed by atoms with Gasteiger partial charge in [0.05, 0.1) is 11.4 Å². The summed E-state index contributed by atoms with van der Waals surface area (Å²) >= 11 is 6.09. The number of hydrogen-bond donors (Lipinski definition) is 1. The lowest BCUT2D eigenvalue weighted by molar-refractivity contribution is 0.0736. The van der Waals surface area contributed by atoms with Gasteiger partial charge < -0.3 is 10.2 Å². The molecule has 1 aliphatic rings. The first-order chi connectivity index (χ1) is 11.6. The Morgan fingerprint density at radius 3 is 3.00 bits per heavy atom. The maximum absolute atomic E-state index is 12.9. The van der Waals surface area contributed by atoms with Crippen LogP contribution in [0.2, 0.25) is 5.02 Å². The third-order valence-electron chi connectivity index (χ3n) is 4.41. The number of likely N-dealkylation sites (N-methyl/N-ethyl adjacent to an activating group) is 1. The van der Waals surface area contributed by atoms with Crippen molar-refractivity contribution in [2.24, 2.45) is 0 Å². The van der Waals surface area contributed by atoms with Crippen LogP contribution in [-0.4, -0.2) is 52.0 Å². The van der Waals surface area contributed by atoms with E-state index in [0.717, 1.165) is 43.7 Å². The van der Waals surface area contributed by atoms with Gasteiger partial charge in [0, 0.05) is 24.7 Å². The number of nitrogens with zero attached hydrogens (tertiary/aromatic N) is 4. The minimum atomic E-state index is -0.0690. The molecular weight excluding hydrogens is 326 g/mol. The third kappa shape index (κ3) is 3.30. The van der Waals surface area contributed by atoms with Crippen LogP contribution >= 0.6 is 11.6 Å². The Morgan fingerprint density at radius 2 is 2.33 bits per heavy atom. The first kappa shape index (κ1) is 16.9. The molecule has 1 atom stereocenters. The Balaban J connectivity index is 1.95. The SMILES string of the molecule is CCCc1c(C(=O)N(C)C2CCNC2)nnn1-c1cccc(Cl)c1. The normalized spacial score (nSPS) is 17.2. The maximum Gasteiger partial charge on any atom is 0.276 e. The fourth-order valence-corrected chi connectivity index (χ4v) is 3.23. The van der Waals surface area contributed by atoms with Gasteiger partial charge in [0.15, 0.2) is 5.69 Å². The van der Waals surface area contributed by atoms with Gasteiger partial charge in [-0.3, -0.25) is 4.79 Å². The van der Waals surface area contributed by atoms with Crippen molar-refractivity contribution >= 4 is 17.5 Å². The molecule has 2 aromatic rings. The topological polar surface area (TPSA) is 63.1 Å². The Kier molecular flexibility index (Phi) is 5.16. The summed E-state index contributed by atoms with van der Waals surface area (Å²) in [5, 5.41) is 12.3. The largest absolute Gasteiger partial charge is 0.336 e. The Morgan fingerprint density at radius 1 is 1.50 bits per heavy atom. The van der Waals surface area contributed by atoms with Crippen LogP contribution in [0.1, 0.15) is 35.9 Å². The highest BCUT2D eigenvalue weighted by molar-refractivity contribution is 6.30. The van der Waals surface area contributed by atoms with Crippen molar-refractivity contribution in [2.75, 3.05) is 20.1 Å². The Bertz CT molecular complexity index is 724. The van der Waals surface area contributed by atoms with E-state index in [9.17, 15) is 4.79 Å². The molecule has 1 amide bonds. The number of carbonyl (C=O) groups is 1. The summed E-state index contributed by atoms with van der Waals surface area (Å²) in [7, 11) is 1.84. The van der Waals surface area contributed by atoms with Gasteiger partial charge >= 0.3 is 0 Å². The lowest BCUT2D eigenvalue weighted by atomic mass is 10.1. The molecule has 1 unspecified atom stereocenters. The van der Waals surface area contributed by atoms with Gasteiger partial charge in [0.25, 0.3) is 5.91 Å². The summed E-state index contributed by atoms with van der Waals surface area (Å²) in [5.74, 6) is -0.0690. The molecule has 7 heteroatoms. The van der Waals surface area contributed by atoms with Crippen LogP contribution < -0.4 is 5.32 Å². The van der Waals surface area contributed by atoms with Gasteiger partial charge in [-0.05, 0) is 37.6 Å². The van der Waals surface area contributed by atoms with Gasteiger partial charge in [-0.1, -0.05) is 36.2 Å². The van der Waals surface area contributed by atoms with E-state index in [1.807, 2.05) is 31.3 Å². The quantitative estimate of drug-likeness (QED) is 0.901. The van der Waals surface area contributed by atoms with Crippen molar-refractivity contribution in [1.29, 1.82) is 0 Å². The van der Waals surface area contributed by atoms with Crippen molar-refractivity contribution in [1.82, 2.24) is 25.2 Å². The fourth-order valence-electron chi connectivity index (χ4n) is 3.05. The van der Waals surface area contributed by atoms with Crippen LogP contribution in [0.15, 0.2) is 24.3 Å². The van der Waals surface area contributed by atoms with Crippen LogP contribution in [0.5, 0.6) is 0 Å². The lowest BCUT2D eigenvalue weighted by Crippen LogP contribution is -2.39. The van der Waals surface area contributed by atoms with E-state index in [0.29, 0.717) is 10.7 Å². The first-order valence-electron chi connectivity index (χ1n) is 8.30. The standard InChI is InChI=1S/C17H22ClN5O/c1-3-5-15-16(17(24)22(2)14-8-9-19-11-14)20-21-23(15)13-7-4-6-12(18)10-13/h4,6-7,10,14,19H,3,5,8-9,11H2,1-2H3. The van der Waals surface area contributed by atoms with Gasteiger partial charge in [-0.15, -0.1) is 5.10 Å². The van der Waals surface area contributed by atoms with E-state index in [4.69, 9.17) is 11.6 Å². The number of halogens is 1. The zero-order valence-corrected chi connectivity index (χ0v) is 14.8. The third-order valence-corrected chi connectivity index (χ3v) is 4.64. The van der Waals surface area contributed by atoms with E-state index in [1.165, 1.54) is 0 Å². The number of amides is 1. The minimum absolute atomic E-state index is 0.0690. The van der Waals surface area contributed by atoms with Crippen LogP contribution in [0, 0.1) is 0 Å². The van der Waals surface area contributed by atoms with Crippen LogP contribution in [0.4, 0.5) is 0 Å². The molecule has 24 heavy (non-hydrogen) atoms. The van der Waals surface area contributed by atoms with Gasteiger partial charge in [0.1, 0.15) is 0 Å². The number of nitrogens with one attached hydrogen (secondary N) is 1. The number of carbonyl (C=O) groups excluding carboxylic acids is 1.